The van der Waals surface area contributed by atoms with Crippen molar-refractivity contribution in [3.05, 3.63) is 160 Å². The van der Waals surface area contributed by atoms with E-state index in [0.717, 1.165) is 6.42 Å². The van der Waals surface area contributed by atoms with Crippen molar-refractivity contribution in [2.45, 2.75) is 72.6 Å². The summed E-state index contributed by atoms with van der Waals surface area (Å²) >= 11 is 1.46. The van der Waals surface area contributed by atoms with Gasteiger partial charge in [-0.15, -0.1) is 5.56 Å². The summed E-state index contributed by atoms with van der Waals surface area (Å²) < 4.78 is 1.42. The van der Waals surface area contributed by atoms with Gasteiger partial charge in [0.15, 0.2) is 0 Å². The Labute approximate surface area is 293 Å². The second kappa shape index (κ2) is 16.2. The molecule has 1 aliphatic carbocycles. The summed E-state index contributed by atoms with van der Waals surface area (Å²) in [4.78, 5) is 0. The van der Waals surface area contributed by atoms with E-state index in [1.165, 1.54) is 83.1 Å². The molecular weight excluding hydrogens is 655 g/mol. The molecule has 0 atom stereocenters. The molecule has 0 aliphatic heterocycles. The maximum atomic E-state index is 3.53. The van der Waals surface area contributed by atoms with Gasteiger partial charge in [0.2, 0.25) is 0 Å². The van der Waals surface area contributed by atoms with E-state index in [4.69, 9.17) is 0 Å². The third kappa shape index (κ3) is 10.0. The van der Waals surface area contributed by atoms with E-state index in [1.54, 1.807) is 0 Å². The molecule has 44 heavy (non-hydrogen) atoms. The van der Waals surface area contributed by atoms with Gasteiger partial charge in [0, 0.05) is 0 Å². The van der Waals surface area contributed by atoms with Gasteiger partial charge in [-0.1, -0.05) is 76.3 Å². The molecule has 0 saturated carbocycles. The fourth-order valence-electron chi connectivity index (χ4n) is 4.91. The Balaban J connectivity index is 0.000000260. The Hall–Kier alpha value is -2.44. The van der Waals surface area contributed by atoms with E-state index < -0.39 is 0 Å². The average Bonchev–Trinajstić information content (AvgIpc) is 3.64. The quantitative estimate of drug-likeness (QED) is 0.234. The van der Waals surface area contributed by atoms with Crippen LogP contribution in [0.5, 0.6) is 0 Å². The zero-order valence-corrected chi connectivity index (χ0v) is 31.3. The van der Waals surface area contributed by atoms with Gasteiger partial charge < -0.3 is 24.8 Å². The Bertz CT molecular complexity index is 1490. The van der Waals surface area contributed by atoms with Crippen molar-refractivity contribution in [1.82, 2.24) is 0 Å². The van der Waals surface area contributed by atoms with Crippen LogP contribution in [0.4, 0.5) is 0 Å². The molecule has 3 heteroatoms. The van der Waals surface area contributed by atoms with E-state index in [-0.39, 0.29) is 35.6 Å². The molecule has 0 nitrogen and oxygen atoms in total. The van der Waals surface area contributed by atoms with Crippen LogP contribution in [0.2, 0.25) is 0 Å². The van der Waals surface area contributed by atoms with Crippen LogP contribution >= 0.6 is 0 Å². The summed E-state index contributed by atoms with van der Waals surface area (Å²) in [5.41, 5.74) is 14.1. The Morgan fingerprint density at radius 3 is 1.57 bits per heavy atom. The van der Waals surface area contributed by atoms with Crippen LogP contribution < -0.4 is 24.8 Å². The normalized spacial score (nSPS) is 11.3. The molecule has 0 bridgehead atoms. The van der Waals surface area contributed by atoms with E-state index in [2.05, 4.69) is 140 Å². The zero-order chi connectivity index (χ0) is 30.5. The summed E-state index contributed by atoms with van der Waals surface area (Å²) in [6.07, 6.45) is 1.03. The average molecular weight is 699 g/mol. The monoisotopic (exact) mass is 696 g/mol. The zero-order valence-electron chi connectivity index (χ0n) is 27.4. The van der Waals surface area contributed by atoms with Gasteiger partial charge in [-0.25, -0.2) is 12.1 Å². The molecule has 228 valence electrons. The smallest absolute Gasteiger partial charge is 0.172 e. The summed E-state index contributed by atoms with van der Waals surface area (Å²) in [6, 6.07) is 42.6. The van der Waals surface area contributed by atoms with Crippen LogP contribution in [-0.4, -0.2) is 3.21 Å². The Morgan fingerprint density at radius 1 is 0.659 bits per heavy atom. The minimum Gasteiger partial charge on any atom is -1.00 e. The maximum absolute atomic E-state index is 3.53. The van der Waals surface area contributed by atoms with Crippen LogP contribution in [-0.2, 0) is 41.5 Å². The molecule has 0 fully saturated rings. The van der Waals surface area contributed by atoms with Gasteiger partial charge >= 0.3 is 112 Å². The molecule has 0 amide bonds. The van der Waals surface area contributed by atoms with Crippen LogP contribution in [0.25, 0.3) is 11.1 Å². The molecule has 0 heterocycles. The van der Waals surface area contributed by atoms with Crippen molar-refractivity contribution in [1.29, 1.82) is 0 Å². The van der Waals surface area contributed by atoms with Crippen LogP contribution in [0.15, 0.2) is 109 Å². The summed E-state index contributed by atoms with van der Waals surface area (Å²) in [7, 11) is 0. The van der Waals surface area contributed by atoms with Gasteiger partial charge in [-0.2, -0.15) is 47.5 Å². The van der Waals surface area contributed by atoms with Crippen LogP contribution in [0.3, 0.4) is 0 Å². The number of benzene rings is 4. The first-order valence-corrected chi connectivity index (χ1v) is 16.1. The first-order chi connectivity index (χ1) is 19.8. The van der Waals surface area contributed by atoms with Gasteiger partial charge in [0.25, 0.3) is 0 Å². The summed E-state index contributed by atoms with van der Waals surface area (Å²) in [6.45, 7) is 17.9. The molecule has 0 saturated heterocycles. The Kier molecular flexibility index (Phi) is 13.9. The number of halogens is 2. The fraction of sp³-hybridized carbons (Fsp3) is 0.268. The summed E-state index contributed by atoms with van der Waals surface area (Å²) in [5, 5.41) is 0. The molecule has 0 aromatic heterocycles. The van der Waals surface area contributed by atoms with Gasteiger partial charge in [-0.05, 0) is 17.4 Å². The molecule has 5 aromatic rings. The van der Waals surface area contributed by atoms with E-state index in [1.807, 2.05) is 30.3 Å². The number of aryl methyl sites for hydroxylation is 2. The first-order valence-electron chi connectivity index (χ1n) is 14.9. The predicted octanol–water partition coefficient (Wildman–Crippen LogP) is 4.49. The van der Waals surface area contributed by atoms with E-state index in [9.17, 15) is 0 Å². The molecule has 6 rings (SSSR count). The SMILES string of the molecule is CC(C)(C)c1c[c-]c2c(c1)-c1cc(C(C)(C)C)ccc1C2.Cc1ccc([C](=[Zr+2])c2ccc(C)cc2)cc1.[Cl-].[Cl-].c1cc[cH-]c1. The second-order valence-electron chi connectivity index (χ2n) is 13.4. The first kappa shape index (κ1) is 37.7. The third-order valence-corrected chi connectivity index (χ3v) is 9.18. The van der Waals surface area contributed by atoms with E-state index >= 15 is 0 Å². The third-order valence-electron chi connectivity index (χ3n) is 7.76. The standard InChI is InChI=1S/C21H25.C15H14.C5H5.2ClH.Zr/c1-20(2,3)16-9-7-14-11-15-8-10-17(21(4,5)6)13-19(15)18(14)12-16;1-12-3-7-14(8-4-12)11-15-9-5-13(2)6-10-15;1-2-4-5-3-1;;;/h7,9-10,12-13H,11H2,1-6H3;3-10H,1-2H3;1-5H;2*1H;/q-1;;-1;;;+2/p-2. The fourth-order valence-corrected chi connectivity index (χ4v) is 5.73. The van der Waals surface area contributed by atoms with Crippen molar-refractivity contribution in [3.8, 4) is 11.1 Å². The number of hydrogen-bond donors (Lipinski definition) is 0. The molecule has 0 spiro atoms. The molecule has 1 aliphatic rings. The summed E-state index contributed by atoms with van der Waals surface area (Å²) in [5.74, 6) is 0. The van der Waals surface area contributed by atoms with Crippen molar-refractivity contribution in [2.24, 2.45) is 0 Å². The molecule has 5 aromatic carbocycles. The minimum atomic E-state index is 0. The molecule has 0 N–H and O–H groups in total. The predicted molar refractivity (Wildman–Crippen MR) is 179 cm³/mol. The molecule has 0 radical (unpaired) electrons. The van der Waals surface area contributed by atoms with Crippen molar-refractivity contribution >= 4 is 3.21 Å². The minimum absolute atomic E-state index is 0. The Morgan fingerprint density at radius 2 is 1.14 bits per heavy atom. The number of fused-ring (bicyclic) bond motifs is 3. The van der Waals surface area contributed by atoms with Gasteiger partial charge in [0.1, 0.15) is 0 Å². The van der Waals surface area contributed by atoms with Crippen molar-refractivity contribution in [3.63, 3.8) is 0 Å². The van der Waals surface area contributed by atoms with Crippen LogP contribution in [0.1, 0.15) is 86.1 Å². The van der Waals surface area contributed by atoms with E-state index in [0.29, 0.717) is 0 Å². The van der Waals surface area contributed by atoms with Gasteiger partial charge in [-0.3, -0.25) is 0 Å². The van der Waals surface area contributed by atoms with Crippen molar-refractivity contribution < 1.29 is 49.0 Å². The number of rotatable bonds is 2. The second-order valence-corrected chi connectivity index (χ2v) is 14.6. The van der Waals surface area contributed by atoms with Gasteiger partial charge in [0.05, 0.1) is 0 Å². The topological polar surface area (TPSA) is 0 Å². The molecular formula is C41H44Cl2Zr-2. The number of hydrogen-bond acceptors (Lipinski definition) is 0. The van der Waals surface area contributed by atoms with Crippen LogP contribution in [0, 0.1) is 19.9 Å². The largest absolute Gasteiger partial charge is 1.00 e. The molecule has 0 unspecified atom stereocenters. The maximum Gasteiger partial charge on any atom is -0.172 e. The van der Waals surface area contributed by atoms with Crippen molar-refractivity contribution in [2.75, 3.05) is 0 Å².